The Hall–Kier alpha value is -2.55. The largest absolute Gasteiger partial charge is 0.382 e. The van der Waals surface area contributed by atoms with E-state index in [1.54, 1.807) is 25.0 Å². The molecule has 2 saturated heterocycles. The van der Waals surface area contributed by atoms with Crippen molar-refractivity contribution >= 4 is 14.0 Å². The molecule has 0 radical (unpaired) electrons. The molecule has 0 unspecified atom stereocenters. The molecule has 1 aromatic heterocycles. The molecule has 2 fully saturated rings. The van der Waals surface area contributed by atoms with E-state index in [1.165, 1.54) is 24.0 Å². The highest BCUT2D eigenvalue weighted by Gasteiger charge is 2.55. The number of nitriles is 1. The molecule has 0 saturated carbocycles. The van der Waals surface area contributed by atoms with Crippen LogP contribution in [0.15, 0.2) is 41.6 Å². The molecule has 1 amide bonds. The van der Waals surface area contributed by atoms with Crippen molar-refractivity contribution in [2.24, 2.45) is 5.92 Å². The third-order valence-corrected chi connectivity index (χ3v) is 10.7. The molecule has 3 aliphatic rings. The number of nitrogens with one attached hydrogen (secondary N) is 1. The summed E-state index contributed by atoms with van der Waals surface area (Å²) in [7, 11) is 2.26. The van der Waals surface area contributed by atoms with Crippen LogP contribution >= 0.6 is 0 Å². The van der Waals surface area contributed by atoms with Crippen molar-refractivity contribution in [2.45, 2.75) is 101 Å². The Morgan fingerprint density at radius 1 is 1.20 bits per heavy atom. The Bertz CT molecular complexity index is 1240. The van der Waals surface area contributed by atoms with Crippen LogP contribution in [0.4, 0.5) is 0 Å². The van der Waals surface area contributed by atoms with Gasteiger partial charge in [-0.25, -0.2) is 4.98 Å². The number of amides is 1. The molecular formula is C34H52N4O5Si. The molecule has 9 nitrogen and oxygen atoms in total. The van der Waals surface area contributed by atoms with Gasteiger partial charge in [-0.3, -0.25) is 4.79 Å². The molecule has 2 bridgehead atoms. The molecule has 1 N–H and O–H groups in total. The van der Waals surface area contributed by atoms with Crippen LogP contribution in [-0.4, -0.2) is 75.3 Å². The van der Waals surface area contributed by atoms with Crippen LogP contribution in [-0.2, 0) is 25.7 Å². The molecule has 4 rings (SSSR count). The summed E-state index contributed by atoms with van der Waals surface area (Å²) in [4.78, 5) is 17.4. The summed E-state index contributed by atoms with van der Waals surface area (Å²) in [6.45, 7) is 9.19. The van der Waals surface area contributed by atoms with Crippen LogP contribution in [0.25, 0.3) is 0 Å². The summed E-state index contributed by atoms with van der Waals surface area (Å²) in [5, 5.41) is 12.4. The smallest absolute Gasteiger partial charge is 0.287 e. The number of hydrogen-bond donors (Lipinski definition) is 1. The molecule has 1 aliphatic carbocycles. The van der Waals surface area contributed by atoms with E-state index in [0.717, 1.165) is 51.0 Å². The Kier molecular flexibility index (Phi) is 12.2. The molecule has 2 aliphatic heterocycles. The van der Waals surface area contributed by atoms with Gasteiger partial charge in [0.1, 0.15) is 12.8 Å². The van der Waals surface area contributed by atoms with E-state index in [4.69, 9.17) is 18.9 Å². The van der Waals surface area contributed by atoms with Crippen molar-refractivity contribution in [1.29, 1.82) is 5.26 Å². The zero-order chi connectivity index (χ0) is 31.6. The topological polar surface area (TPSA) is 108 Å². The first-order valence-corrected chi connectivity index (χ1v) is 19.9. The number of carbonyl (C=O) groups is 1. The van der Waals surface area contributed by atoms with Gasteiger partial charge >= 0.3 is 0 Å². The van der Waals surface area contributed by atoms with E-state index in [1.807, 2.05) is 12.1 Å². The summed E-state index contributed by atoms with van der Waals surface area (Å²) in [5.74, 6) is 0.162. The normalized spacial score (nSPS) is 25.7. The molecule has 0 spiro atoms. The second-order valence-corrected chi connectivity index (χ2v) is 19.6. The van der Waals surface area contributed by atoms with Crippen molar-refractivity contribution in [3.8, 4) is 6.07 Å². The standard InChI is InChI=1S/C34H52N4O5Si/c1-40-24-33-15-16-34(43-33,25-41-2)21-29(20-33)28(14-13-27-10-7-6-8-11-27)12-9-17-36-32(39)31-37-30(22-35)23-38(31)26-42-18-19-44(3,4)5/h9-10,12,14,23,29H,6-8,11,13,15-21,24-26H2,1-5H3,(H,36,39)/b12-9-,28-14+/t29-,33+,34-. The Balaban J connectivity index is 1.45. The van der Waals surface area contributed by atoms with E-state index in [-0.39, 0.29) is 35.4 Å². The molecule has 3 heterocycles. The Morgan fingerprint density at radius 3 is 2.55 bits per heavy atom. The number of ether oxygens (including phenoxy) is 4. The number of hydrogen-bond acceptors (Lipinski definition) is 7. The first-order valence-electron chi connectivity index (χ1n) is 16.2. The number of aromatic nitrogens is 2. The quantitative estimate of drug-likeness (QED) is 0.102. The highest BCUT2D eigenvalue weighted by molar-refractivity contribution is 6.76. The van der Waals surface area contributed by atoms with Gasteiger partial charge in [-0.15, -0.1) is 0 Å². The van der Waals surface area contributed by atoms with Crippen LogP contribution in [0, 0.1) is 17.2 Å². The third kappa shape index (κ3) is 9.48. The number of imidazole rings is 1. The lowest BCUT2D eigenvalue weighted by Gasteiger charge is -2.44. The minimum Gasteiger partial charge on any atom is -0.382 e. The van der Waals surface area contributed by atoms with Crippen LogP contribution in [0.1, 0.15) is 74.1 Å². The van der Waals surface area contributed by atoms with Gasteiger partial charge in [-0.2, -0.15) is 5.26 Å². The predicted molar refractivity (Wildman–Crippen MR) is 174 cm³/mol. The number of carbonyl (C=O) groups excluding carboxylic acids is 1. The maximum absolute atomic E-state index is 13.1. The van der Waals surface area contributed by atoms with Crippen molar-refractivity contribution < 1.29 is 23.7 Å². The average Bonchev–Trinajstić information content (AvgIpc) is 3.52. The van der Waals surface area contributed by atoms with Crippen molar-refractivity contribution in [1.82, 2.24) is 14.9 Å². The first-order chi connectivity index (χ1) is 21.1. The predicted octanol–water partition coefficient (Wildman–Crippen LogP) is 6.16. The van der Waals surface area contributed by atoms with Gasteiger partial charge in [0, 0.05) is 41.6 Å². The van der Waals surface area contributed by atoms with Crippen molar-refractivity contribution in [2.75, 3.05) is 40.6 Å². The maximum Gasteiger partial charge on any atom is 0.287 e. The van der Waals surface area contributed by atoms with E-state index >= 15 is 0 Å². The van der Waals surface area contributed by atoms with Crippen LogP contribution in [0.5, 0.6) is 0 Å². The van der Waals surface area contributed by atoms with Gasteiger partial charge in [0.15, 0.2) is 5.69 Å². The number of fused-ring (bicyclic) bond motifs is 2. The monoisotopic (exact) mass is 624 g/mol. The molecule has 44 heavy (non-hydrogen) atoms. The van der Waals surface area contributed by atoms with Crippen LogP contribution in [0.3, 0.4) is 0 Å². The van der Waals surface area contributed by atoms with Gasteiger partial charge in [0.2, 0.25) is 5.82 Å². The fraction of sp³-hybridized carbons (Fsp3) is 0.676. The van der Waals surface area contributed by atoms with Gasteiger partial charge in [-0.1, -0.05) is 49.5 Å². The molecule has 242 valence electrons. The number of allylic oxidation sites excluding steroid dienone is 5. The van der Waals surface area contributed by atoms with Crippen LogP contribution in [0.2, 0.25) is 25.7 Å². The van der Waals surface area contributed by atoms with E-state index in [2.05, 4.69) is 48.2 Å². The molecule has 1 aromatic rings. The van der Waals surface area contributed by atoms with Gasteiger partial charge in [0.05, 0.1) is 24.4 Å². The highest BCUT2D eigenvalue weighted by Crippen LogP contribution is 2.52. The zero-order valence-electron chi connectivity index (χ0n) is 27.5. The second-order valence-electron chi connectivity index (χ2n) is 13.9. The van der Waals surface area contributed by atoms with Crippen LogP contribution < -0.4 is 5.32 Å². The fourth-order valence-electron chi connectivity index (χ4n) is 6.78. The summed E-state index contributed by atoms with van der Waals surface area (Å²) in [6.07, 6.45) is 20.1. The summed E-state index contributed by atoms with van der Waals surface area (Å²) >= 11 is 0. The van der Waals surface area contributed by atoms with E-state index < -0.39 is 8.07 Å². The second kappa shape index (κ2) is 15.6. The van der Waals surface area contributed by atoms with Gasteiger partial charge in [-0.05, 0) is 75.3 Å². The van der Waals surface area contributed by atoms with E-state index in [9.17, 15) is 10.1 Å². The number of rotatable bonds is 16. The average molecular weight is 625 g/mol. The Morgan fingerprint density at radius 2 is 1.93 bits per heavy atom. The Labute approximate surface area is 264 Å². The minimum atomic E-state index is -1.23. The SMILES string of the molecule is COC[C@@]12CC[C@@](COC)(C[C@@H](C(/C=C\CNC(=O)c3nc(C#N)cn3COCC[Si](C)(C)C)=C/CC3=CCCCC3)C1)O2. The van der Waals surface area contributed by atoms with Gasteiger partial charge < -0.3 is 28.8 Å². The molecule has 3 atom stereocenters. The van der Waals surface area contributed by atoms with Crippen molar-refractivity contribution in [3.05, 3.63) is 53.2 Å². The lowest BCUT2D eigenvalue weighted by Crippen LogP contribution is -2.48. The summed E-state index contributed by atoms with van der Waals surface area (Å²) in [6, 6.07) is 3.06. The number of methoxy groups -OCH3 is 2. The maximum atomic E-state index is 13.1. The highest BCUT2D eigenvalue weighted by atomic mass is 28.3. The third-order valence-electron chi connectivity index (χ3n) is 8.99. The minimum absolute atomic E-state index is 0.187. The zero-order valence-corrected chi connectivity index (χ0v) is 28.5. The van der Waals surface area contributed by atoms with E-state index in [0.29, 0.717) is 32.3 Å². The molecule has 10 heteroatoms. The fourth-order valence-corrected chi connectivity index (χ4v) is 7.54. The molecular weight excluding hydrogens is 572 g/mol. The summed E-state index contributed by atoms with van der Waals surface area (Å²) < 4.78 is 25.4. The lowest BCUT2D eigenvalue weighted by molar-refractivity contribution is -0.188. The number of nitrogens with zero attached hydrogens (tertiary/aromatic N) is 3. The van der Waals surface area contributed by atoms with Gasteiger partial charge in [0.25, 0.3) is 5.91 Å². The lowest BCUT2D eigenvalue weighted by atomic mass is 9.78. The van der Waals surface area contributed by atoms with Crippen molar-refractivity contribution in [3.63, 3.8) is 0 Å². The molecule has 0 aromatic carbocycles. The first kappa shape index (κ1) is 34.3. The summed E-state index contributed by atoms with van der Waals surface area (Å²) in [5.41, 5.74) is 2.39.